The predicted octanol–water partition coefficient (Wildman–Crippen LogP) is 2.40. The van der Waals surface area contributed by atoms with Gasteiger partial charge in [0.25, 0.3) is 11.5 Å². The summed E-state index contributed by atoms with van der Waals surface area (Å²) in [6.07, 6.45) is 1.51. The van der Waals surface area contributed by atoms with Crippen LogP contribution in [0.2, 0.25) is 0 Å². The van der Waals surface area contributed by atoms with Crippen molar-refractivity contribution in [2.45, 2.75) is 0 Å². The van der Waals surface area contributed by atoms with Crippen molar-refractivity contribution in [3.8, 4) is 5.75 Å². The summed E-state index contributed by atoms with van der Waals surface area (Å²) in [5.74, 6) is 0.308. The number of aromatic amines is 1. The summed E-state index contributed by atoms with van der Waals surface area (Å²) in [7, 11) is 1.55. The Morgan fingerprint density at radius 3 is 2.63 bits per heavy atom. The second-order valence-corrected chi connectivity index (χ2v) is 4.66. The quantitative estimate of drug-likeness (QED) is 0.911. The van der Waals surface area contributed by atoms with Crippen LogP contribution in [-0.2, 0) is 0 Å². The fourth-order valence-electron chi connectivity index (χ4n) is 1.49. The van der Waals surface area contributed by atoms with Gasteiger partial charge in [-0.25, -0.2) is 0 Å². The Labute approximate surface area is 117 Å². The molecule has 0 aliphatic heterocycles. The Hall–Kier alpha value is -2.08. The molecule has 6 heteroatoms. The number of aromatic nitrogens is 1. The van der Waals surface area contributed by atoms with E-state index in [0.717, 1.165) is 0 Å². The summed E-state index contributed by atoms with van der Waals surface area (Å²) in [4.78, 5) is 26.0. The zero-order valence-corrected chi connectivity index (χ0v) is 11.7. The lowest BCUT2D eigenvalue weighted by Crippen LogP contribution is -2.19. The Kier molecular flexibility index (Phi) is 4.01. The molecule has 2 aromatic rings. The van der Waals surface area contributed by atoms with Crippen molar-refractivity contribution in [3.63, 3.8) is 0 Å². The molecule has 19 heavy (non-hydrogen) atoms. The van der Waals surface area contributed by atoms with E-state index in [1.165, 1.54) is 6.20 Å². The van der Waals surface area contributed by atoms with E-state index in [9.17, 15) is 9.59 Å². The first-order chi connectivity index (χ1) is 9.10. The van der Waals surface area contributed by atoms with Crippen LogP contribution >= 0.6 is 15.9 Å². The van der Waals surface area contributed by atoms with Gasteiger partial charge in [-0.15, -0.1) is 0 Å². The minimum absolute atomic E-state index is 0.190. The van der Waals surface area contributed by atoms with E-state index in [4.69, 9.17) is 4.74 Å². The number of hydrogen-bond donors (Lipinski definition) is 2. The molecule has 1 heterocycles. The number of rotatable bonds is 3. The van der Waals surface area contributed by atoms with Gasteiger partial charge in [-0.2, -0.15) is 0 Å². The summed E-state index contributed by atoms with van der Waals surface area (Å²) in [5.41, 5.74) is 0.278. The van der Waals surface area contributed by atoms with Crippen LogP contribution < -0.4 is 15.6 Å². The van der Waals surface area contributed by atoms with Crippen LogP contribution in [0.4, 0.5) is 5.69 Å². The first-order valence-electron chi connectivity index (χ1n) is 5.44. The molecule has 0 unspecified atom stereocenters. The van der Waals surface area contributed by atoms with Crippen LogP contribution in [0, 0.1) is 0 Å². The van der Waals surface area contributed by atoms with Crippen LogP contribution in [-0.4, -0.2) is 18.0 Å². The number of halogens is 1. The summed E-state index contributed by atoms with van der Waals surface area (Å²) in [6.45, 7) is 0. The van der Waals surface area contributed by atoms with Crippen LogP contribution in [0.5, 0.6) is 5.75 Å². The Balaban J connectivity index is 2.20. The molecular formula is C13H11BrN2O3. The number of hydrogen-bond acceptors (Lipinski definition) is 3. The first kappa shape index (κ1) is 13.4. The Morgan fingerprint density at radius 2 is 2.00 bits per heavy atom. The number of anilines is 1. The molecule has 1 aromatic carbocycles. The van der Waals surface area contributed by atoms with E-state index in [2.05, 4.69) is 26.2 Å². The van der Waals surface area contributed by atoms with Gasteiger partial charge in [0.2, 0.25) is 0 Å². The van der Waals surface area contributed by atoms with Gasteiger partial charge in [0.1, 0.15) is 11.4 Å². The van der Waals surface area contributed by atoms with Crippen LogP contribution in [0.25, 0.3) is 0 Å². The number of methoxy groups -OCH3 is 1. The Morgan fingerprint density at radius 1 is 1.32 bits per heavy atom. The highest BCUT2D eigenvalue weighted by atomic mass is 79.9. The fraction of sp³-hybridized carbons (Fsp3) is 0.0769. The van der Waals surface area contributed by atoms with Crippen LogP contribution in [0.15, 0.2) is 45.8 Å². The second kappa shape index (κ2) is 5.71. The summed E-state index contributed by atoms with van der Waals surface area (Å²) >= 11 is 3.22. The molecule has 0 saturated carbocycles. The van der Waals surface area contributed by atoms with Crippen molar-refractivity contribution in [1.82, 2.24) is 4.98 Å². The molecule has 2 N–H and O–H groups in total. The molecule has 0 aliphatic rings. The third kappa shape index (κ3) is 3.23. The van der Waals surface area contributed by atoms with Crippen molar-refractivity contribution in [3.05, 3.63) is 56.9 Å². The van der Waals surface area contributed by atoms with Crippen LogP contribution in [0.3, 0.4) is 0 Å². The molecule has 0 aliphatic carbocycles. The molecule has 0 spiro atoms. The lowest BCUT2D eigenvalue weighted by molar-refractivity contribution is 0.102. The van der Waals surface area contributed by atoms with Gasteiger partial charge in [0.15, 0.2) is 0 Å². The number of ether oxygens (including phenoxy) is 1. The lowest BCUT2D eigenvalue weighted by atomic mass is 10.2. The molecular weight excluding hydrogens is 312 g/mol. The number of pyridine rings is 1. The van der Waals surface area contributed by atoms with Gasteiger partial charge in [0, 0.05) is 16.2 Å². The van der Waals surface area contributed by atoms with Crippen LogP contribution in [0.1, 0.15) is 10.4 Å². The zero-order chi connectivity index (χ0) is 13.8. The fourth-order valence-corrected chi connectivity index (χ4v) is 1.83. The molecule has 0 radical (unpaired) electrons. The van der Waals surface area contributed by atoms with Crippen molar-refractivity contribution in [1.29, 1.82) is 0 Å². The lowest BCUT2D eigenvalue weighted by Gasteiger charge is -2.05. The van der Waals surface area contributed by atoms with Gasteiger partial charge in [-0.1, -0.05) is 0 Å². The molecule has 1 amide bonds. The minimum atomic E-state index is -0.356. The van der Waals surface area contributed by atoms with Gasteiger partial charge < -0.3 is 15.0 Å². The maximum Gasteiger partial charge on any atom is 0.271 e. The van der Waals surface area contributed by atoms with Gasteiger partial charge in [0.05, 0.1) is 7.11 Å². The van der Waals surface area contributed by atoms with E-state index in [1.807, 2.05) is 0 Å². The zero-order valence-electron chi connectivity index (χ0n) is 10.1. The predicted molar refractivity (Wildman–Crippen MR) is 75.7 cm³/mol. The summed E-state index contributed by atoms with van der Waals surface area (Å²) in [5, 5.41) is 2.55. The number of amides is 1. The van der Waals surface area contributed by atoms with E-state index in [-0.39, 0.29) is 17.2 Å². The monoisotopic (exact) mass is 322 g/mol. The number of carbonyl (C=O) groups excluding carboxylic acids is 1. The van der Waals surface area contributed by atoms with Gasteiger partial charge >= 0.3 is 0 Å². The largest absolute Gasteiger partial charge is 0.497 e. The maximum atomic E-state index is 12.0. The Bertz CT molecular complexity index is 650. The third-order valence-electron chi connectivity index (χ3n) is 2.47. The van der Waals surface area contributed by atoms with Crippen molar-refractivity contribution in [2.24, 2.45) is 0 Å². The first-order valence-corrected chi connectivity index (χ1v) is 6.23. The number of benzene rings is 1. The standard InChI is InChI=1S/C13H11BrN2O3/c1-19-10-4-2-8(3-5-10)12(17)16-11-6-9(14)7-15-13(11)18/h2-7H,1H3,(H,15,18)(H,16,17). The maximum absolute atomic E-state index is 12.0. The SMILES string of the molecule is COc1ccc(C(=O)Nc2cc(Br)c[nH]c2=O)cc1. The van der Waals surface area contributed by atoms with Gasteiger partial charge in [-0.05, 0) is 46.3 Å². The van der Waals surface area contributed by atoms with E-state index in [1.54, 1.807) is 37.4 Å². The molecule has 5 nitrogen and oxygen atoms in total. The summed E-state index contributed by atoms with van der Waals surface area (Å²) < 4.78 is 5.69. The normalized spacial score (nSPS) is 10.0. The van der Waals surface area contributed by atoms with Crippen molar-refractivity contribution in [2.75, 3.05) is 12.4 Å². The number of H-pyrrole nitrogens is 1. The molecule has 2 rings (SSSR count). The minimum Gasteiger partial charge on any atom is -0.497 e. The number of nitrogens with one attached hydrogen (secondary N) is 2. The average Bonchev–Trinajstić information content (AvgIpc) is 2.43. The van der Waals surface area contributed by atoms with E-state index < -0.39 is 0 Å². The highest BCUT2D eigenvalue weighted by Gasteiger charge is 2.08. The highest BCUT2D eigenvalue weighted by Crippen LogP contribution is 2.14. The molecule has 1 aromatic heterocycles. The highest BCUT2D eigenvalue weighted by molar-refractivity contribution is 9.10. The number of carbonyl (C=O) groups is 1. The van der Waals surface area contributed by atoms with E-state index in [0.29, 0.717) is 15.8 Å². The van der Waals surface area contributed by atoms with Crippen molar-refractivity contribution < 1.29 is 9.53 Å². The summed E-state index contributed by atoms with van der Waals surface area (Å²) in [6, 6.07) is 8.15. The smallest absolute Gasteiger partial charge is 0.271 e. The second-order valence-electron chi connectivity index (χ2n) is 3.74. The average molecular weight is 323 g/mol. The topological polar surface area (TPSA) is 71.2 Å². The molecule has 0 atom stereocenters. The molecule has 0 fully saturated rings. The molecule has 98 valence electrons. The third-order valence-corrected chi connectivity index (χ3v) is 2.93. The molecule has 0 bridgehead atoms. The van der Waals surface area contributed by atoms with Crippen molar-refractivity contribution >= 4 is 27.5 Å². The molecule has 0 saturated heterocycles. The van der Waals surface area contributed by atoms with Gasteiger partial charge in [-0.3, -0.25) is 9.59 Å². The van der Waals surface area contributed by atoms with E-state index >= 15 is 0 Å².